The fourth-order valence-electron chi connectivity index (χ4n) is 1.97. The van der Waals surface area contributed by atoms with Gasteiger partial charge in [0.2, 0.25) is 0 Å². The van der Waals surface area contributed by atoms with Crippen LogP contribution in [0.4, 0.5) is 5.69 Å². The van der Waals surface area contributed by atoms with E-state index < -0.39 is 5.41 Å². The summed E-state index contributed by atoms with van der Waals surface area (Å²) in [6.45, 7) is 4.21. The van der Waals surface area contributed by atoms with Crippen molar-refractivity contribution in [3.05, 3.63) is 53.6 Å². The van der Waals surface area contributed by atoms with Gasteiger partial charge in [-0.2, -0.15) is 5.26 Å². The van der Waals surface area contributed by atoms with Crippen molar-refractivity contribution in [2.45, 2.75) is 25.8 Å². The number of rotatable bonds is 4. The van der Waals surface area contributed by atoms with Crippen LogP contribution in [0.15, 0.2) is 42.5 Å². The van der Waals surface area contributed by atoms with Gasteiger partial charge in [0.1, 0.15) is 11.5 Å². The summed E-state index contributed by atoms with van der Waals surface area (Å²) < 4.78 is 0. The summed E-state index contributed by atoms with van der Waals surface area (Å²) >= 11 is 0. The Hall–Kier alpha value is -2.67. The molecule has 0 aliphatic heterocycles. The van der Waals surface area contributed by atoms with Gasteiger partial charge in [0.15, 0.2) is 0 Å². The monoisotopic (exact) mass is 282 g/mol. The summed E-state index contributed by atoms with van der Waals surface area (Å²) in [7, 11) is 0. The smallest absolute Gasteiger partial charge is 0.124 e. The van der Waals surface area contributed by atoms with E-state index in [-0.39, 0.29) is 11.5 Å². The van der Waals surface area contributed by atoms with Gasteiger partial charge in [-0.25, -0.2) is 0 Å². The third-order valence-corrected chi connectivity index (χ3v) is 3.44. The molecule has 108 valence electrons. The molecule has 0 fully saturated rings. The van der Waals surface area contributed by atoms with E-state index >= 15 is 0 Å². The summed E-state index contributed by atoms with van der Waals surface area (Å²) in [6.07, 6.45) is 0. The molecule has 21 heavy (non-hydrogen) atoms. The molecule has 4 nitrogen and oxygen atoms in total. The Kier molecular flexibility index (Phi) is 4.04. The maximum absolute atomic E-state index is 9.72. The van der Waals surface area contributed by atoms with Crippen LogP contribution in [0.2, 0.25) is 0 Å². The van der Waals surface area contributed by atoms with Crippen molar-refractivity contribution < 1.29 is 10.2 Å². The van der Waals surface area contributed by atoms with Gasteiger partial charge in [0.05, 0.1) is 11.5 Å². The molecule has 0 heterocycles. The van der Waals surface area contributed by atoms with E-state index in [4.69, 9.17) is 5.26 Å². The molecule has 2 aromatic carbocycles. The molecule has 2 aromatic rings. The van der Waals surface area contributed by atoms with Gasteiger partial charge in [0.25, 0.3) is 0 Å². The quantitative estimate of drug-likeness (QED) is 0.802. The number of phenolic OH excluding ortho intramolecular Hbond substituents is 2. The van der Waals surface area contributed by atoms with Crippen LogP contribution in [-0.4, -0.2) is 10.2 Å². The molecule has 0 radical (unpaired) electrons. The van der Waals surface area contributed by atoms with Crippen LogP contribution in [0, 0.1) is 11.3 Å². The predicted molar refractivity (Wildman–Crippen MR) is 82.2 cm³/mol. The first-order valence-electron chi connectivity index (χ1n) is 6.69. The Morgan fingerprint density at radius 3 is 2.33 bits per heavy atom. The molecule has 0 aliphatic rings. The van der Waals surface area contributed by atoms with Gasteiger partial charge in [-0.05, 0) is 43.7 Å². The van der Waals surface area contributed by atoms with Gasteiger partial charge in [-0.3, -0.25) is 0 Å². The molecule has 0 unspecified atom stereocenters. The Bertz CT molecular complexity index is 670. The number of hydrogen-bond acceptors (Lipinski definition) is 4. The fraction of sp³-hybridized carbons (Fsp3) is 0.235. The van der Waals surface area contributed by atoms with Crippen LogP contribution in [-0.2, 0) is 12.0 Å². The van der Waals surface area contributed by atoms with Crippen LogP contribution < -0.4 is 5.32 Å². The summed E-state index contributed by atoms with van der Waals surface area (Å²) in [5, 5.41) is 31.3. The Morgan fingerprint density at radius 2 is 1.76 bits per heavy atom. The Morgan fingerprint density at radius 1 is 1.10 bits per heavy atom. The zero-order chi connectivity index (χ0) is 15.5. The lowest BCUT2D eigenvalue weighted by atomic mass is 9.86. The van der Waals surface area contributed by atoms with Gasteiger partial charge in [-0.1, -0.05) is 12.1 Å². The number of phenols is 2. The number of aromatic hydroxyl groups is 2. The van der Waals surface area contributed by atoms with Gasteiger partial charge < -0.3 is 15.5 Å². The normalized spacial score (nSPS) is 10.9. The molecule has 0 saturated heterocycles. The van der Waals surface area contributed by atoms with Crippen LogP contribution in [0.5, 0.6) is 11.5 Å². The summed E-state index contributed by atoms with van der Waals surface area (Å²) in [6, 6.07) is 14.4. The van der Waals surface area contributed by atoms with Crippen molar-refractivity contribution in [3.8, 4) is 17.6 Å². The molecule has 4 heteroatoms. The maximum Gasteiger partial charge on any atom is 0.124 e. The topological polar surface area (TPSA) is 76.3 Å². The number of benzene rings is 2. The fourth-order valence-corrected chi connectivity index (χ4v) is 1.97. The van der Waals surface area contributed by atoms with Gasteiger partial charge in [0, 0.05) is 23.9 Å². The summed E-state index contributed by atoms with van der Waals surface area (Å²) in [5.41, 5.74) is 2.06. The van der Waals surface area contributed by atoms with E-state index in [0.717, 1.165) is 11.3 Å². The lowest BCUT2D eigenvalue weighted by Crippen LogP contribution is -2.13. The van der Waals surface area contributed by atoms with Crippen molar-refractivity contribution in [2.75, 3.05) is 5.32 Å². The first-order valence-corrected chi connectivity index (χ1v) is 6.69. The second-order valence-electron chi connectivity index (χ2n) is 5.48. The molecule has 0 atom stereocenters. The molecule has 0 saturated carbocycles. The summed E-state index contributed by atoms with van der Waals surface area (Å²) in [5.74, 6) is 0.101. The molecular formula is C17H18N2O2. The second kappa shape index (κ2) is 5.76. The van der Waals surface area contributed by atoms with Crippen LogP contribution in [0.25, 0.3) is 0 Å². The highest BCUT2D eigenvalue weighted by Crippen LogP contribution is 2.25. The van der Waals surface area contributed by atoms with E-state index in [1.54, 1.807) is 6.07 Å². The highest BCUT2D eigenvalue weighted by Gasteiger charge is 2.18. The zero-order valence-corrected chi connectivity index (χ0v) is 12.1. The molecule has 2 rings (SSSR count). The van der Waals surface area contributed by atoms with E-state index in [1.165, 1.54) is 12.1 Å². The first-order chi connectivity index (χ1) is 9.92. The van der Waals surface area contributed by atoms with Crippen LogP contribution in [0.3, 0.4) is 0 Å². The van der Waals surface area contributed by atoms with Crippen LogP contribution >= 0.6 is 0 Å². The Balaban J connectivity index is 2.06. The van der Waals surface area contributed by atoms with Crippen molar-refractivity contribution in [3.63, 3.8) is 0 Å². The molecule has 0 amide bonds. The largest absolute Gasteiger partial charge is 0.508 e. The zero-order valence-electron chi connectivity index (χ0n) is 12.1. The highest BCUT2D eigenvalue weighted by molar-refractivity contribution is 5.49. The van der Waals surface area contributed by atoms with E-state index in [9.17, 15) is 10.2 Å². The number of nitriles is 1. The van der Waals surface area contributed by atoms with Crippen molar-refractivity contribution in [1.82, 2.24) is 0 Å². The minimum atomic E-state index is -0.506. The van der Waals surface area contributed by atoms with E-state index in [1.807, 2.05) is 38.1 Å². The van der Waals surface area contributed by atoms with Gasteiger partial charge >= 0.3 is 0 Å². The predicted octanol–water partition coefficient (Wildman–Crippen LogP) is 3.51. The SMILES string of the molecule is CC(C)(C#N)c1ccc(NCc2ccc(O)cc2O)cc1. The number of hydrogen-bond donors (Lipinski definition) is 3. The first kappa shape index (κ1) is 14.7. The third-order valence-electron chi connectivity index (χ3n) is 3.44. The molecule has 0 bridgehead atoms. The lowest BCUT2D eigenvalue weighted by molar-refractivity contribution is 0.446. The molecule has 0 aromatic heterocycles. The van der Waals surface area contributed by atoms with Crippen molar-refractivity contribution >= 4 is 5.69 Å². The number of anilines is 1. The van der Waals surface area contributed by atoms with Crippen molar-refractivity contribution in [1.29, 1.82) is 5.26 Å². The highest BCUT2D eigenvalue weighted by atomic mass is 16.3. The van der Waals surface area contributed by atoms with E-state index in [2.05, 4.69) is 11.4 Å². The molecule has 0 aliphatic carbocycles. The second-order valence-corrected chi connectivity index (χ2v) is 5.48. The minimum Gasteiger partial charge on any atom is -0.508 e. The third kappa shape index (κ3) is 3.46. The number of nitrogens with zero attached hydrogens (tertiary/aromatic N) is 1. The number of nitrogens with one attached hydrogen (secondary N) is 1. The maximum atomic E-state index is 9.72. The average molecular weight is 282 g/mol. The van der Waals surface area contributed by atoms with Crippen molar-refractivity contribution in [2.24, 2.45) is 0 Å². The van der Waals surface area contributed by atoms with Gasteiger partial charge in [-0.15, -0.1) is 0 Å². The standard InChI is InChI=1S/C17H18N2O2/c1-17(2,11-18)13-4-6-14(7-5-13)19-10-12-3-8-15(20)9-16(12)21/h3-9,19-21H,10H2,1-2H3. The summed E-state index contributed by atoms with van der Waals surface area (Å²) in [4.78, 5) is 0. The average Bonchev–Trinajstić information content (AvgIpc) is 2.47. The Labute approximate surface area is 124 Å². The van der Waals surface area contributed by atoms with E-state index in [0.29, 0.717) is 12.1 Å². The molecule has 3 N–H and O–H groups in total. The lowest BCUT2D eigenvalue weighted by Gasteiger charge is -2.16. The minimum absolute atomic E-state index is 0.0411. The molecule has 0 spiro atoms. The van der Waals surface area contributed by atoms with Crippen LogP contribution in [0.1, 0.15) is 25.0 Å². The molecular weight excluding hydrogens is 264 g/mol.